The van der Waals surface area contributed by atoms with Gasteiger partial charge in [0.2, 0.25) is 5.91 Å². The van der Waals surface area contributed by atoms with Crippen LogP contribution in [0.5, 0.6) is 0 Å². The topological polar surface area (TPSA) is 71.2 Å². The van der Waals surface area contributed by atoms with E-state index in [1.807, 2.05) is 31.9 Å². The maximum atomic E-state index is 11.4. The number of aryl methyl sites for hydroxylation is 2. The van der Waals surface area contributed by atoms with Gasteiger partial charge >= 0.3 is 0 Å². The normalized spacial score (nSPS) is 10.2. The molecule has 5 heteroatoms. The second-order valence-electron chi connectivity index (χ2n) is 4.12. The first-order valence-electron chi connectivity index (χ1n) is 5.58. The van der Waals surface area contributed by atoms with Gasteiger partial charge in [-0.3, -0.25) is 4.79 Å². The third-order valence-electron chi connectivity index (χ3n) is 2.68. The number of likely N-dealkylation sites (N-methyl/N-ethyl adjacent to an activating group) is 2. The molecule has 0 radical (unpaired) electrons. The van der Waals surface area contributed by atoms with E-state index in [2.05, 4.69) is 10.3 Å². The number of carbonyl (C=O) groups excluding carboxylic acids is 1. The minimum absolute atomic E-state index is 0.0450. The smallest absolute Gasteiger partial charge is 0.239 e. The highest BCUT2D eigenvalue weighted by Gasteiger charge is 2.13. The second-order valence-corrected chi connectivity index (χ2v) is 4.12. The fraction of sp³-hybridized carbons (Fsp3) is 0.500. The van der Waals surface area contributed by atoms with Crippen molar-refractivity contribution < 1.29 is 4.79 Å². The van der Waals surface area contributed by atoms with E-state index < -0.39 is 0 Å². The molecule has 3 N–H and O–H groups in total. The molecular formula is C12H20N4O. The van der Waals surface area contributed by atoms with Crippen molar-refractivity contribution in [2.24, 2.45) is 5.73 Å². The highest BCUT2D eigenvalue weighted by atomic mass is 16.1. The second kappa shape index (κ2) is 5.63. The van der Waals surface area contributed by atoms with Gasteiger partial charge in [-0.05, 0) is 25.5 Å². The minimum atomic E-state index is -0.0450. The number of hydrogen-bond acceptors (Lipinski definition) is 4. The van der Waals surface area contributed by atoms with Crippen LogP contribution in [0.25, 0.3) is 0 Å². The molecule has 0 aromatic carbocycles. The van der Waals surface area contributed by atoms with Crippen molar-refractivity contribution in [2.45, 2.75) is 20.4 Å². The summed E-state index contributed by atoms with van der Waals surface area (Å²) in [6, 6.07) is 2.00. The van der Waals surface area contributed by atoms with Crippen molar-refractivity contribution in [1.82, 2.24) is 10.3 Å². The lowest BCUT2D eigenvalue weighted by Crippen LogP contribution is -2.34. The number of nitrogens with two attached hydrogens (primary N) is 1. The minimum Gasteiger partial charge on any atom is -0.358 e. The Morgan fingerprint density at radius 2 is 2.18 bits per heavy atom. The zero-order chi connectivity index (χ0) is 13.0. The summed E-state index contributed by atoms with van der Waals surface area (Å²) in [5.74, 6) is 0.741. The van der Waals surface area contributed by atoms with E-state index in [4.69, 9.17) is 5.73 Å². The predicted molar refractivity (Wildman–Crippen MR) is 68.9 cm³/mol. The number of carbonyl (C=O) groups is 1. The van der Waals surface area contributed by atoms with Gasteiger partial charge in [0.25, 0.3) is 0 Å². The number of hydrogen-bond donors (Lipinski definition) is 2. The largest absolute Gasteiger partial charge is 0.358 e. The molecule has 0 saturated heterocycles. The highest BCUT2D eigenvalue weighted by Crippen LogP contribution is 2.20. The lowest BCUT2D eigenvalue weighted by atomic mass is 10.1. The Morgan fingerprint density at radius 1 is 1.53 bits per heavy atom. The molecule has 0 spiro atoms. The molecule has 0 aliphatic rings. The van der Waals surface area contributed by atoms with Gasteiger partial charge in [-0.25, -0.2) is 4.98 Å². The Bertz CT molecular complexity index is 417. The predicted octanol–water partition coefficient (Wildman–Crippen LogP) is 0.339. The van der Waals surface area contributed by atoms with Gasteiger partial charge in [0.1, 0.15) is 5.82 Å². The molecular weight excluding hydrogens is 216 g/mol. The molecule has 0 bridgehead atoms. The molecule has 0 unspecified atom stereocenters. The summed E-state index contributed by atoms with van der Waals surface area (Å²) in [7, 11) is 3.46. The number of pyridine rings is 1. The molecule has 1 amide bonds. The SMILES string of the molecule is CNC(=O)CN(C)c1nc(C)cc(C)c1CN. The van der Waals surface area contributed by atoms with Crippen LogP contribution >= 0.6 is 0 Å². The summed E-state index contributed by atoms with van der Waals surface area (Å²) in [6.07, 6.45) is 0. The lowest BCUT2D eigenvalue weighted by Gasteiger charge is -2.21. The van der Waals surface area contributed by atoms with Gasteiger partial charge in [0, 0.05) is 31.9 Å². The average Bonchev–Trinajstić information content (AvgIpc) is 2.27. The average molecular weight is 236 g/mol. The quantitative estimate of drug-likeness (QED) is 0.791. The van der Waals surface area contributed by atoms with Gasteiger partial charge in [-0.1, -0.05) is 0 Å². The van der Waals surface area contributed by atoms with Crippen LogP contribution in [0.3, 0.4) is 0 Å². The molecule has 94 valence electrons. The van der Waals surface area contributed by atoms with E-state index in [9.17, 15) is 4.79 Å². The van der Waals surface area contributed by atoms with Crippen LogP contribution in [-0.2, 0) is 11.3 Å². The fourth-order valence-corrected chi connectivity index (χ4v) is 1.78. The van der Waals surface area contributed by atoms with Crippen molar-refractivity contribution in [2.75, 3.05) is 25.5 Å². The summed E-state index contributed by atoms with van der Waals surface area (Å²) >= 11 is 0. The van der Waals surface area contributed by atoms with Crippen molar-refractivity contribution in [3.63, 3.8) is 0 Å². The standard InChI is InChI=1S/C12H20N4O/c1-8-5-9(2)15-12(10(8)6-13)16(4)7-11(17)14-3/h5H,6-7,13H2,1-4H3,(H,14,17). The Labute approximate surface area is 102 Å². The monoisotopic (exact) mass is 236 g/mol. The summed E-state index contributed by atoms with van der Waals surface area (Å²) < 4.78 is 0. The fourth-order valence-electron chi connectivity index (χ4n) is 1.78. The molecule has 17 heavy (non-hydrogen) atoms. The molecule has 1 aromatic rings. The van der Waals surface area contributed by atoms with E-state index in [0.29, 0.717) is 6.54 Å². The van der Waals surface area contributed by atoms with Crippen LogP contribution in [0.2, 0.25) is 0 Å². The molecule has 0 atom stereocenters. The molecule has 0 saturated carbocycles. The van der Waals surface area contributed by atoms with Crippen molar-refractivity contribution in [3.8, 4) is 0 Å². The van der Waals surface area contributed by atoms with Crippen LogP contribution in [-0.4, -0.2) is 31.5 Å². The Balaban J connectivity index is 3.07. The molecule has 1 heterocycles. The Hall–Kier alpha value is -1.62. The first-order valence-corrected chi connectivity index (χ1v) is 5.58. The molecule has 5 nitrogen and oxygen atoms in total. The van der Waals surface area contributed by atoms with E-state index >= 15 is 0 Å². The number of aromatic nitrogens is 1. The highest BCUT2D eigenvalue weighted by molar-refractivity contribution is 5.80. The van der Waals surface area contributed by atoms with Gasteiger partial charge < -0.3 is 16.0 Å². The molecule has 0 aliphatic heterocycles. The van der Waals surface area contributed by atoms with E-state index in [-0.39, 0.29) is 12.5 Å². The Kier molecular flexibility index (Phi) is 4.45. The Morgan fingerprint density at radius 3 is 2.71 bits per heavy atom. The van der Waals surface area contributed by atoms with Crippen molar-refractivity contribution >= 4 is 11.7 Å². The van der Waals surface area contributed by atoms with E-state index in [1.54, 1.807) is 7.05 Å². The lowest BCUT2D eigenvalue weighted by molar-refractivity contribution is -0.119. The third kappa shape index (κ3) is 3.17. The summed E-state index contributed by atoms with van der Waals surface area (Å²) in [6.45, 7) is 4.64. The van der Waals surface area contributed by atoms with Crippen molar-refractivity contribution in [3.05, 3.63) is 22.9 Å². The van der Waals surface area contributed by atoms with Crippen LogP contribution in [0.1, 0.15) is 16.8 Å². The zero-order valence-corrected chi connectivity index (χ0v) is 10.9. The van der Waals surface area contributed by atoms with Crippen LogP contribution in [0, 0.1) is 13.8 Å². The van der Waals surface area contributed by atoms with Gasteiger partial charge in [-0.15, -0.1) is 0 Å². The third-order valence-corrected chi connectivity index (χ3v) is 2.68. The molecule has 1 rings (SSSR count). The molecule has 0 fully saturated rings. The van der Waals surface area contributed by atoms with Crippen LogP contribution in [0.15, 0.2) is 6.07 Å². The zero-order valence-electron chi connectivity index (χ0n) is 10.9. The van der Waals surface area contributed by atoms with Gasteiger partial charge in [-0.2, -0.15) is 0 Å². The maximum Gasteiger partial charge on any atom is 0.239 e. The number of rotatable bonds is 4. The van der Waals surface area contributed by atoms with Crippen LogP contribution in [0.4, 0.5) is 5.82 Å². The van der Waals surface area contributed by atoms with Gasteiger partial charge in [0.15, 0.2) is 0 Å². The number of amides is 1. The summed E-state index contributed by atoms with van der Waals surface area (Å²) in [5, 5.41) is 2.59. The molecule has 0 aliphatic carbocycles. The van der Waals surface area contributed by atoms with Gasteiger partial charge in [0.05, 0.1) is 6.54 Å². The number of nitrogens with one attached hydrogen (secondary N) is 1. The maximum absolute atomic E-state index is 11.4. The first kappa shape index (κ1) is 13.4. The number of anilines is 1. The first-order chi connectivity index (χ1) is 7.99. The number of nitrogens with zero attached hydrogens (tertiary/aromatic N) is 2. The van der Waals surface area contributed by atoms with Crippen molar-refractivity contribution in [1.29, 1.82) is 0 Å². The van der Waals surface area contributed by atoms with E-state index in [0.717, 1.165) is 22.6 Å². The van der Waals surface area contributed by atoms with E-state index in [1.165, 1.54) is 0 Å². The summed E-state index contributed by atoms with van der Waals surface area (Å²) in [4.78, 5) is 17.6. The molecule has 1 aromatic heterocycles. The summed E-state index contributed by atoms with van der Waals surface area (Å²) in [5.41, 5.74) is 8.76. The van der Waals surface area contributed by atoms with Crippen LogP contribution < -0.4 is 16.0 Å².